The van der Waals surface area contributed by atoms with E-state index in [0.29, 0.717) is 12.2 Å². The largest absolute Gasteiger partial charge is 0.354 e. The molecule has 0 aliphatic rings. The van der Waals surface area contributed by atoms with Crippen molar-refractivity contribution in [1.82, 2.24) is 10.2 Å². The maximum atomic E-state index is 13.5. The van der Waals surface area contributed by atoms with Crippen LogP contribution in [0.2, 0.25) is 0 Å². The fourth-order valence-electron chi connectivity index (χ4n) is 3.64. The van der Waals surface area contributed by atoms with Crippen LogP contribution in [0.15, 0.2) is 42.5 Å². The lowest BCUT2D eigenvalue weighted by atomic mass is 10.1. The zero-order chi connectivity index (χ0) is 24.8. The third-order valence-electron chi connectivity index (χ3n) is 5.56. The van der Waals surface area contributed by atoms with E-state index >= 15 is 0 Å². The van der Waals surface area contributed by atoms with Gasteiger partial charge in [-0.3, -0.25) is 13.9 Å². The predicted molar refractivity (Wildman–Crippen MR) is 133 cm³/mol. The molecule has 0 saturated carbocycles. The fraction of sp³-hybridized carbons (Fsp3) is 0.440. The highest BCUT2D eigenvalue weighted by molar-refractivity contribution is 7.92. The first-order chi connectivity index (χ1) is 15.5. The predicted octanol–water partition coefficient (Wildman–Crippen LogP) is 3.32. The number of nitrogens with one attached hydrogen (secondary N) is 1. The van der Waals surface area contributed by atoms with Gasteiger partial charge in [0.2, 0.25) is 21.8 Å². The van der Waals surface area contributed by atoms with Gasteiger partial charge < -0.3 is 10.2 Å². The van der Waals surface area contributed by atoms with Gasteiger partial charge in [0.05, 0.1) is 11.9 Å². The standard InChI is InChI=1S/C25H35N3O4S/c1-7-15-26-25(30)21(5)27(16-22-13-11-18(2)12-14-22)23(29)17-28(33(6,31)32)24-19(3)9-8-10-20(24)4/h8-14,21H,7,15-17H2,1-6H3,(H,26,30)/t21-/m1/s1. The summed E-state index contributed by atoms with van der Waals surface area (Å²) >= 11 is 0. The van der Waals surface area contributed by atoms with Crippen LogP contribution in [0.5, 0.6) is 0 Å². The SMILES string of the molecule is CCCNC(=O)[C@@H](C)N(Cc1ccc(C)cc1)C(=O)CN(c1c(C)cccc1C)S(C)(=O)=O. The van der Waals surface area contributed by atoms with E-state index in [1.165, 1.54) is 4.90 Å². The monoisotopic (exact) mass is 473 g/mol. The van der Waals surface area contributed by atoms with E-state index in [1.54, 1.807) is 6.92 Å². The number of benzene rings is 2. The molecule has 8 heteroatoms. The van der Waals surface area contributed by atoms with Gasteiger partial charge in [-0.15, -0.1) is 0 Å². The molecule has 1 atom stereocenters. The van der Waals surface area contributed by atoms with Crippen LogP contribution in [-0.2, 0) is 26.2 Å². The van der Waals surface area contributed by atoms with Crippen LogP contribution in [0.1, 0.15) is 42.5 Å². The van der Waals surface area contributed by atoms with Gasteiger partial charge in [-0.2, -0.15) is 0 Å². The van der Waals surface area contributed by atoms with E-state index in [2.05, 4.69) is 5.32 Å². The molecule has 0 spiro atoms. The van der Waals surface area contributed by atoms with Gasteiger partial charge in [-0.1, -0.05) is 55.0 Å². The van der Waals surface area contributed by atoms with Gasteiger partial charge in [-0.05, 0) is 50.8 Å². The highest BCUT2D eigenvalue weighted by atomic mass is 32.2. The molecule has 0 bridgehead atoms. The maximum Gasteiger partial charge on any atom is 0.244 e. The van der Waals surface area contributed by atoms with Crippen LogP contribution in [0, 0.1) is 20.8 Å². The first kappa shape index (κ1) is 26.4. The van der Waals surface area contributed by atoms with Crippen LogP contribution in [0.3, 0.4) is 0 Å². The molecule has 0 heterocycles. The van der Waals surface area contributed by atoms with Gasteiger partial charge in [-0.25, -0.2) is 8.42 Å². The molecular formula is C25H35N3O4S. The number of para-hydroxylation sites is 1. The summed E-state index contributed by atoms with van der Waals surface area (Å²) in [6.07, 6.45) is 1.87. The average Bonchev–Trinajstić information content (AvgIpc) is 2.74. The van der Waals surface area contributed by atoms with Crippen LogP contribution >= 0.6 is 0 Å². The number of rotatable bonds is 10. The van der Waals surface area contributed by atoms with Crippen molar-refractivity contribution in [1.29, 1.82) is 0 Å². The Bertz CT molecular complexity index is 1060. The Morgan fingerprint density at radius 3 is 2.09 bits per heavy atom. The van der Waals surface area contributed by atoms with Crippen molar-refractivity contribution in [3.63, 3.8) is 0 Å². The lowest BCUT2D eigenvalue weighted by Crippen LogP contribution is -2.51. The molecule has 7 nitrogen and oxygen atoms in total. The number of amides is 2. The molecule has 2 aromatic rings. The van der Waals surface area contributed by atoms with E-state index < -0.39 is 22.0 Å². The zero-order valence-electron chi connectivity index (χ0n) is 20.4. The molecule has 0 aliphatic carbocycles. The molecule has 2 aromatic carbocycles. The Morgan fingerprint density at radius 1 is 1.00 bits per heavy atom. The van der Waals surface area contributed by atoms with Crippen LogP contribution in [0.4, 0.5) is 5.69 Å². The highest BCUT2D eigenvalue weighted by Gasteiger charge is 2.30. The van der Waals surface area contributed by atoms with Crippen molar-refractivity contribution in [3.05, 3.63) is 64.7 Å². The Kier molecular flexibility index (Phi) is 9.05. The highest BCUT2D eigenvalue weighted by Crippen LogP contribution is 2.27. The Balaban J connectivity index is 2.42. The molecule has 0 aliphatic heterocycles. The molecule has 2 amide bonds. The summed E-state index contributed by atoms with van der Waals surface area (Å²) in [6.45, 7) is 9.54. The molecule has 1 N–H and O–H groups in total. The number of carbonyl (C=O) groups is 2. The minimum absolute atomic E-state index is 0.199. The first-order valence-corrected chi connectivity index (χ1v) is 13.0. The number of aryl methyl sites for hydroxylation is 3. The summed E-state index contributed by atoms with van der Waals surface area (Å²) in [6, 6.07) is 12.4. The lowest BCUT2D eigenvalue weighted by molar-refractivity contribution is -0.139. The Hall–Kier alpha value is -2.87. The smallest absolute Gasteiger partial charge is 0.244 e. The molecule has 0 radical (unpaired) electrons. The zero-order valence-corrected chi connectivity index (χ0v) is 21.2. The van der Waals surface area contributed by atoms with Crippen molar-refractivity contribution in [2.24, 2.45) is 0 Å². The Morgan fingerprint density at radius 2 is 1.58 bits per heavy atom. The summed E-state index contributed by atoms with van der Waals surface area (Å²) in [4.78, 5) is 27.7. The number of hydrogen-bond acceptors (Lipinski definition) is 4. The van der Waals surface area contributed by atoms with E-state index in [9.17, 15) is 18.0 Å². The fourth-order valence-corrected chi connectivity index (χ4v) is 4.61. The van der Waals surface area contributed by atoms with Crippen LogP contribution in [0.25, 0.3) is 0 Å². The summed E-state index contributed by atoms with van der Waals surface area (Å²) in [5.74, 6) is -0.710. The number of nitrogens with zero attached hydrogens (tertiary/aromatic N) is 2. The quantitative estimate of drug-likeness (QED) is 0.574. The summed E-state index contributed by atoms with van der Waals surface area (Å²) in [5, 5.41) is 2.83. The number of anilines is 1. The number of carbonyl (C=O) groups excluding carboxylic acids is 2. The van der Waals surface area contributed by atoms with Gasteiger partial charge in [0.15, 0.2) is 0 Å². The van der Waals surface area contributed by atoms with E-state index in [-0.39, 0.29) is 19.0 Å². The molecule has 180 valence electrons. The van der Waals surface area contributed by atoms with Gasteiger partial charge >= 0.3 is 0 Å². The van der Waals surface area contributed by atoms with Crippen molar-refractivity contribution in [2.45, 2.75) is 53.6 Å². The van der Waals surface area contributed by atoms with Crippen LogP contribution < -0.4 is 9.62 Å². The second-order valence-electron chi connectivity index (χ2n) is 8.48. The van der Waals surface area contributed by atoms with Gasteiger partial charge in [0.25, 0.3) is 0 Å². The van der Waals surface area contributed by atoms with E-state index in [0.717, 1.165) is 39.2 Å². The van der Waals surface area contributed by atoms with Crippen LogP contribution in [-0.4, -0.2) is 50.5 Å². The number of hydrogen-bond donors (Lipinski definition) is 1. The average molecular weight is 474 g/mol. The first-order valence-electron chi connectivity index (χ1n) is 11.1. The van der Waals surface area contributed by atoms with Crippen molar-refractivity contribution in [3.8, 4) is 0 Å². The second-order valence-corrected chi connectivity index (χ2v) is 10.4. The third kappa shape index (κ3) is 7.05. The minimum atomic E-state index is -3.74. The third-order valence-corrected chi connectivity index (χ3v) is 6.67. The van der Waals surface area contributed by atoms with Gasteiger partial charge in [0, 0.05) is 13.1 Å². The summed E-state index contributed by atoms with van der Waals surface area (Å²) < 4.78 is 26.6. The maximum absolute atomic E-state index is 13.5. The molecule has 0 aromatic heterocycles. The van der Waals surface area contributed by atoms with E-state index in [1.807, 2.05) is 70.2 Å². The molecule has 0 saturated heterocycles. The topological polar surface area (TPSA) is 86.8 Å². The van der Waals surface area contributed by atoms with Gasteiger partial charge in [0.1, 0.15) is 12.6 Å². The minimum Gasteiger partial charge on any atom is -0.354 e. The lowest BCUT2D eigenvalue weighted by Gasteiger charge is -2.32. The van der Waals surface area contributed by atoms with Crippen molar-refractivity contribution >= 4 is 27.5 Å². The second kappa shape index (κ2) is 11.3. The molecule has 33 heavy (non-hydrogen) atoms. The molecule has 0 unspecified atom stereocenters. The molecule has 2 rings (SSSR count). The van der Waals surface area contributed by atoms with E-state index in [4.69, 9.17) is 0 Å². The van der Waals surface area contributed by atoms with Crippen molar-refractivity contribution in [2.75, 3.05) is 23.7 Å². The normalized spacial score (nSPS) is 12.2. The summed E-state index contributed by atoms with van der Waals surface area (Å²) in [7, 11) is -3.74. The van der Waals surface area contributed by atoms with Crippen molar-refractivity contribution < 1.29 is 18.0 Å². The summed E-state index contributed by atoms with van der Waals surface area (Å²) in [5.41, 5.74) is 3.96. The molecule has 0 fully saturated rings. The number of sulfonamides is 1. The Labute approximate surface area is 197 Å². The molecular weight excluding hydrogens is 438 g/mol.